The number of nitrogens with one attached hydrogen (secondary N) is 2. The van der Waals surface area contributed by atoms with Gasteiger partial charge in [-0.25, -0.2) is 0 Å². The highest BCUT2D eigenvalue weighted by atomic mass is 35.5. The highest BCUT2D eigenvalue weighted by Crippen LogP contribution is 2.36. The summed E-state index contributed by atoms with van der Waals surface area (Å²) in [7, 11) is 0. The Balaban J connectivity index is 1.39. The molecule has 0 radical (unpaired) electrons. The predicted octanol–water partition coefficient (Wildman–Crippen LogP) is 6.46. The smallest absolute Gasteiger partial charge is 0.251 e. The third-order valence-electron chi connectivity index (χ3n) is 5.75. The summed E-state index contributed by atoms with van der Waals surface area (Å²) in [5, 5.41) is 8.02. The molecule has 3 nitrogen and oxygen atoms in total. The van der Waals surface area contributed by atoms with E-state index in [2.05, 4.69) is 16.7 Å². The number of fused-ring (bicyclic) bond motifs is 1. The van der Waals surface area contributed by atoms with E-state index in [0.29, 0.717) is 10.6 Å². The maximum atomic E-state index is 12.7. The molecular weight excluding hydrogens is 459 g/mol. The molecule has 0 aromatic heterocycles. The van der Waals surface area contributed by atoms with Gasteiger partial charge in [-0.2, -0.15) is 0 Å². The van der Waals surface area contributed by atoms with Crippen LogP contribution >= 0.6 is 35.0 Å². The third kappa shape index (κ3) is 5.68. The Labute approximate surface area is 203 Å². The van der Waals surface area contributed by atoms with Crippen LogP contribution < -0.4 is 10.6 Å². The first-order valence-electron chi connectivity index (χ1n) is 10.8. The lowest BCUT2D eigenvalue weighted by Crippen LogP contribution is -2.26. The number of carbonyl (C=O) groups is 1. The lowest BCUT2D eigenvalue weighted by atomic mass is 10.0. The number of halogens is 2. The molecule has 4 rings (SSSR count). The summed E-state index contributed by atoms with van der Waals surface area (Å²) >= 11 is 14.3. The summed E-state index contributed by atoms with van der Waals surface area (Å²) in [6.45, 7) is 3.96. The zero-order valence-electron chi connectivity index (χ0n) is 18.0. The highest BCUT2D eigenvalue weighted by Gasteiger charge is 2.16. The second kappa shape index (κ2) is 10.8. The van der Waals surface area contributed by atoms with Crippen LogP contribution in [0.1, 0.15) is 45.6 Å². The van der Waals surface area contributed by atoms with Crippen LogP contribution in [-0.2, 0) is 18.6 Å². The predicted molar refractivity (Wildman–Crippen MR) is 135 cm³/mol. The van der Waals surface area contributed by atoms with Gasteiger partial charge >= 0.3 is 0 Å². The van der Waals surface area contributed by atoms with E-state index in [4.69, 9.17) is 23.2 Å². The molecule has 0 fully saturated rings. The molecule has 32 heavy (non-hydrogen) atoms. The fourth-order valence-corrected chi connectivity index (χ4v) is 5.47. The number of benzene rings is 3. The summed E-state index contributed by atoms with van der Waals surface area (Å²) in [6.07, 6.45) is 2.04. The normalized spacial score (nSPS) is 14.3. The second-order valence-electron chi connectivity index (χ2n) is 8.00. The van der Waals surface area contributed by atoms with Crippen LogP contribution in [0.4, 0.5) is 0 Å². The molecule has 1 heterocycles. The molecule has 3 aromatic carbocycles. The van der Waals surface area contributed by atoms with Crippen LogP contribution in [0.25, 0.3) is 0 Å². The van der Waals surface area contributed by atoms with E-state index in [1.165, 1.54) is 16.0 Å². The monoisotopic (exact) mass is 484 g/mol. The molecule has 3 aromatic rings. The minimum absolute atomic E-state index is 0.0874. The summed E-state index contributed by atoms with van der Waals surface area (Å²) in [4.78, 5) is 13.8. The van der Waals surface area contributed by atoms with Gasteiger partial charge in [-0.1, -0.05) is 53.5 Å². The molecule has 1 aliphatic heterocycles. The minimum Gasteiger partial charge on any atom is -0.346 e. The molecule has 166 valence electrons. The first-order chi connectivity index (χ1) is 15.5. The van der Waals surface area contributed by atoms with Gasteiger partial charge in [0, 0.05) is 21.2 Å². The standard InChI is InChI=1S/C26H26Cl2N2OS/c1-17(19-6-9-22(27)10-7-19)30-26(31)21-4-2-18(3-5-21)16-32-25-23-13-15-29-14-12-20(23)8-11-24(25)28/h2-11,17,29H,12-16H2,1H3,(H,30,31)/t17-/m1/s1. The summed E-state index contributed by atoms with van der Waals surface area (Å²) in [5.41, 5.74) is 5.60. The molecular formula is C26H26Cl2N2OS. The van der Waals surface area contributed by atoms with Gasteiger partial charge in [0.25, 0.3) is 5.91 Å². The van der Waals surface area contributed by atoms with Crippen molar-refractivity contribution in [3.63, 3.8) is 0 Å². The van der Waals surface area contributed by atoms with Crippen LogP contribution in [0, 0.1) is 0 Å². The van der Waals surface area contributed by atoms with Crippen LogP contribution in [0.2, 0.25) is 10.0 Å². The molecule has 1 atom stereocenters. The Morgan fingerprint density at radius 2 is 1.72 bits per heavy atom. The number of rotatable bonds is 6. The van der Waals surface area contributed by atoms with Crippen molar-refractivity contribution >= 4 is 40.9 Å². The number of hydrogen-bond acceptors (Lipinski definition) is 3. The fourth-order valence-electron chi connectivity index (χ4n) is 3.89. The number of hydrogen-bond donors (Lipinski definition) is 2. The number of amides is 1. The van der Waals surface area contributed by atoms with E-state index < -0.39 is 0 Å². The van der Waals surface area contributed by atoms with Crippen molar-refractivity contribution in [3.05, 3.63) is 98.5 Å². The Bertz CT molecular complexity index is 1080. The fraction of sp³-hybridized carbons (Fsp3) is 0.269. The first-order valence-corrected chi connectivity index (χ1v) is 12.5. The lowest BCUT2D eigenvalue weighted by molar-refractivity contribution is 0.0940. The van der Waals surface area contributed by atoms with Crippen LogP contribution in [-0.4, -0.2) is 19.0 Å². The SMILES string of the molecule is C[C@@H](NC(=O)c1ccc(CSc2c(Cl)ccc3c2CCNCC3)cc1)c1ccc(Cl)cc1. The third-order valence-corrected chi connectivity index (χ3v) is 7.66. The van der Waals surface area contributed by atoms with E-state index in [-0.39, 0.29) is 11.9 Å². The Kier molecular flexibility index (Phi) is 7.80. The van der Waals surface area contributed by atoms with E-state index >= 15 is 0 Å². The number of thioether (sulfide) groups is 1. The van der Waals surface area contributed by atoms with E-state index in [0.717, 1.165) is 47.8 Å². The second-order valence-corrected chi connectivity index (χ2v) is 9.83. The molecule has 0 saturated carbocycles. The van der Waals surface area contributed by atoms with E-state index in [1.54, 1.807) is 11.8 Å². The van der Waals surface area contributed by atoms with Gasteiger partial charge in [0.15, 0.2) is 0 Å². The van der Waals surface area contributed by atoms with Gasteiger partial charge in [-0.15, -0.1) is 11.8 Å². The van der Waals surface area contributed by atoms with E-state index in [1.807, 2.05) is 61.5 Å². The van der Waals surface area contributed by atoms with Crippen molar-refractivity contribution in [2.45, 2.75) is 36.5 Å². The molecule has 1 amide bonds. The topological polar surface area (TPSA) is 41.1 Å². The Hall–Kier alpha value is -1.98. The maximum Gasteiger partial charge on any atom is 0.251 e. The largest absolute Gasteiger partial charge is 0.346 e. The van der Waals surface area contributed by atoms with Crippen molar-refractivity contribution in [1.82, 2.24) is 10.6 Å². The number of carbonyl (C=O) groups excluding carboxylic acids is 1. The van der Waals surface area contributed by atoms with Gasteiger partial charge in [0.2, 0.25) is 0 Å². The average Bonchev–Trinajstić information content (AvgIpc) is 3.05. The molecule has 2 N–H and O–H groups in total. The highest BCUT2D eigenvalue weighted by molar-refractivity contribution is 7.98. The maximum absolute atomic E-state index is 12.7. The van der Waals surface area contributed by atoms with Gasteiger partial charge in [-0.3, -0.25) is 4.79 Å². The molecule has 0 spiro atoms. The Morgan fingerprint density at radius 1 is 1.00 bits per heavy atom. The molecule has 0 unspecified atom stereocenters. The first kappa shape index (κ1) is 23.2. The van der Waals surface area contributed by atoms with E-state index in [9.17, 15) is 4.79 Å². The van der Waals surface area contributed by atoms with Gasteiger partial charge in [-0.05, 0) is 85.4 Å². The van der Waals surface area contributed by atoms with Crippen LogP contribution in [0.15, 0.2) is 65.6 Å². The van der Waals surface area contributed by atoms with Gasteiger partial charge < -0.3 is 10.6 Å². The van der Waals surface area contributed by atoms with Crippen LogP contribution in [0.5, 0.6) is 0 Å². The quantitative estimate of drug-likeness (QED) is 0.394. The Morgan fingerprint density at radius 3 is 2.47 bits per heavy atom. The van der Waals surface area contributed by atoms with Crippen molar-refractivity contribution in [3.8, 4) is 0 Å². The molecule has 1 aliphatic rings. The average molecular weight is 485 g/mol. The zero-order chi connectivity index (χ0) is 22.5. The van der Waals surface area contributed by atoms with Gasteiger partial charge in [0.1, 0.15) is 0 Å². The van der Waals surface area contributed by atoms with Crippen molar-refractivity contribution in [2.24, 2.45) is 0 Å². The lowest BCUT2D eigenvalue weighted by Gasteiger charge is -2.15. The molecule has 0 saturated heterocycles. The molecule has 0 bridgehead atoms. The van der Waals surface area contributed by atoms with Gasteiger partial charge in [0.05, 0.1) is 11.1 Å². The molecule has 6 heteroatoms. The zero-order valence-corrected chi connectivity index (χ0v) is 20.3. The molecule has 0 aliphatic carbocycles. The van der Waals surface area contributed by atoms with Crippen molar-refractivity contribution < 1.29 is 4.79 Å². The summed E-state index contributed by atoms with van der Waals surface area (Å²) < 4.78 is 0. The summed E-state index contributed by atoms with van der Waals surface area (Å²) in [6, 6.07) is 19.4. The van der Waals surface area contributed by atoms with Crippen molar-refractivity contribution in [1.29, 1.82) is 0 Å². The van der Waals surface area contributed by atoms with Crippen molar-refractivity contribution in [2.75, 3.05) is 13.1 Å². The summed E-state index contributed by atoms with van der Waals surface area (Å²) in [5.74, 6) is 0.725. The minimum atomic E-state index is -0.0973. The van der Waals surface area contributed by atoms with Crippen LogP contribution in [0.3, 0.4) is 0 Å².